The van der Waals surface area contributed by atoms with Crippen molar-refractivity contribution in [2.24, 2.45) is 0 Å². The van der Waals surface area contributed by atoms with Crippen LogP contribution >= 0.6 is 11.3 Å². The van der Waals surface area contributed by atoms with Crippen molar-refractivity contribution < 1.29 is 9.18 Å². The third kappa shape index (κ3) is 3.29. The van der Waals surface area contributed by atoms with Gasteiger partial charge in [0.2, 0.25) is 0 Å². The molecule has 23 heavy (non-hydrogen) atoms. The summed E-state index contributed by atoms with van der Waals surface area (Å²) in [6.07, 6.45) is 0. The second-order valence-electron chi connectivity index (χ2n) is 5.21. The number of rotatable bonds is 3. The zero-order valence-electron chi connectivity index (χ0n) is 12.8. The minimum absolute atomic E-state index is 0.178. The molecule has 1 N–H and O–H groups in total. The molecular weight excluding hydrogens is 311 g/mol. The zero-order valence-corrected chi connectivity index (χ0v) is 13.6. The monoisotopic (exact) mass is 326 g/mol. The van der Waals surface area contributed by atoms with Crippen LogP contribution in [0.15, 0.2) is 48.5 Å². The number of anilines is 1. The summed E-state index contributed by atoms with van der Waals surface area (Å²) in [6, 6.07) is 13.7. The van der Waals surface area contributed by atoms with Crippen LogP contribution in [-0.2, 0) is 0 Å². The fraction of sp³-hybridized carbons (Fsp3) is 0.111. The van der Waals surface area contributed by atoms with E-state index in [1.165, 1.54) is 23.5 Å². The van der Waals surface area contributed by atoms with Gasteiger partial charge in [0.1, 0.15) is 15.7 Å². The first-order valence-electron chi connectivity index (χ1n) is 7.15. The van der Waals surface area contributed by atoms with Gasteiger partial charge in [0.05, 0.1) is 5.69 Å². The van der Waals surface area contributed by atoms with Gasteiger partial charge in [0.25, 0.3) is 5.91 Å². The lowest BCUT2D eigenvalue weighted by atomic mass is 10.2. The molecule has 1 aromatic heterocycles. The summed E-state index contributed by atoms with van der Waals surface area (Å²) in [4.78, 5) is 17.5. The van der Waals surface area contributed by atoms with E-state index in [0.29, 0.717) is 15.6 Å². The number of benzene rings is 2. The van der Waals surface area contributed by atoms with E-state index in [9.17, 15) is 9.18 Å². The van der Waals surface area contributed by atoms with Crippen molar-refractivity contribution in [3.63, 3.8) is 0 Å². The number of aromatic nitrogens is 1. The maximum atomic E-state index is 13.0. The molecule has 1 amide bonds. The summed E-state index contributed by atoms with van der Waals surface area (Å²) in [6.45, 7) is 3.75. The van der Waals surface area contributed by atoms with Crippen molar-refractivity contribution in [2.75, 3.05) is 5.32 Å². The maximum absolute atomic E-state index is 13.0. The van der Waals surface area contributed by atoms with Gasteiger partial charge >= 0.3 is 0 Å². The average molecular weight is 326 g/mol. The predicted molar refractivity (Wildman–Crippen MR) is 91.4 cm³/mol. The topological polar surface area (TPSA) is 42.0 Å². The highest BCUT2D eigenvalue weighted by atomic mass is 32.1. The third-order valence-corrected chi connectivity index (χ3v) is 4.69. The van der Waals surface area contributed by atoms with Crippen LogP contribution in [0.4, 0.5) is 10.1 Å². The van der Waals surface area contributed by atoms with Gasteiger partial charge in [-0.3, -0.25) is 4.79 Å². The Morgan fingerprint density at radius 3 is 2.48 bits per heavy atom. The number of aryl methyl sites for hydroxylation is 2. The van der Waals surface area contributed by atoms with Gasteiger partial charge in [-0.15, -0.1) is 11.3 Å². The normalized spacial score (nSPS) is 10.6. The van der Waals surface area contributed by atoms with E-state index in [1.807, 2.05) is 31.2 Å². The number of hydrogen-bond acceptors (Lipinski definition) is 3. The van der Waals surface area contributed by atoms with E-state index in [0.717, 1.165) is 16.8 Å². The van der Waals surface area contributed by atoms with E-state index >= 15 is 0 Å². The Morgan fingerprint density at radius 1 is 1.09 bits per heavy atom. The van der Waals surface area contributed by atoms with Crippen LogP contribution in [0.3, 0.4) is 0 Å². The van der Waals surface area contributed by atoms with Crippen molar-refractivity contribution in [1.82, 2.24) is 4.98 Å². The Balaban J connectivity index is 1.87. The first-order valence-corrected chi connectivity index (χ1v) is 7.96. The molecule has 0 aliphatic carbocycles. The molecule has 0 fully saturated rings. The molecule has 3 nitrogen and oxygen atoms in total. The Bertz CT molecular complexity index is 856. The molecular formula is C18H15FN2OS. The van der Waals surface area contributed by atoms with E-state index in [1.54, 1.807) is 19.1 Å². The molecule has 0 spiro atoms. The van der Waals surface area contributed by atoms with Crippen molar-refractivity contribution in [3.05, 3.63) is 70.5 Å². The standard InChI is InChI=1S/C18H15FN2OS/c1-11-5-3-4-6-15(11)21-17(22)16-12(2)20-18(23-16)13-7-9-14(19)10-8-13/h3-10H,1-2H3,(H,21,22). The van der Waals surface area contributed by atoms with Gasteiger partial charge in [0, 0.05) is 11.3 Å². The van der Waals surface area contributed by atoms with Crippen LogP contribution in [0.1, 0.15) is 20.9 Å². The van der Waals surface area contributed by atoms with E-state index in [2.05, 4.69) is 10.3 Å². The maximum Gasteiger partial charge on any atom is 0.267 e. The molecule has 1 heterocycles. The minimum Gasteiger partial charge on any atom is -0.321 e. The van der Waals surface area contributed by atoms with Gasteiger partial charge in [-0.05, 0) is 49.7 Å². The van der Waals surface area contributed by atoms with Crippen LogP contribution in [0, 0.1) is 19.7 Å². The van der Waals surface area contributed by atoms with Gasteiger partial charge in [-0.1, -0.05) is 18.2 Å². The van der Waals surface area contributed by atoms with Crippen LogP contribution in [0.2, 0.25) is 0 Å². The fourth-order valence-corrected chi connectivity index (χ4v) is 3.18. The number of nitrogens with zero attached hydrogens (tertiary/aromatic N) is 1. The van der Waals surface area contributed by atoms with Crippen molar-refractivity contribution >= 4 is 22.9 Å². The van der Waals surface area contributed by atoms with Gasteiger partial charge in [-0.25, -0.2) is 9.37 Å². The Hall–Kier alpha value is -2.53. The number of nitrogens with one attached hydrogen (secondary N) is 1. The Kier molecular flexibility index (Phi) is 4.21. The minimum atomic E-state index is -0.292. The number of hydrogen-bond donors (Lipinski definition) is 1. The number of amides is 1. The molecule has 0 aliphatic heterocycles. The lowest BCUT2D eigenvalue weighted by Crippen LogP contribution is -2.12. The molecule has 0 atom stereocenters. The highest BCUT2D eigenvalue weighted by molar-refractivity contribution is 7.17. The molecule has 2 aromatic carbocycles. The van der Waals surface area contributed by atoms with E-state index in [4.69, 9.17) is 0 Å². The molecule has 0 saturated heterocycles. The van der Waals surface area contributed by atoms with Crippen LogP contribution in [0.25, 0.3) is 10.6 Å². The number of thiazole rings is 1. The highest BCUT2D eigenvalue weighted by Crippen LogP contribution is 2.29. The Labute approximate surface area is 137 Å². The number of carbonyl (C=O) groups excluding carboxylic acids is 1. The highest BCUT2D eigenvalue weighted by Gasteiger charge is 2.17. The first-order chi connectivity index (χ1) is 11.0. The summed E-state index contributed by atoms with van der Waals surface area (Å²) in [7, 11) is 0. The zero-order chi connectivity index (χ0) is 16.4. The van der Waals surface area contributed by atoms with Crippen molar-refractivity contribution in [1.29, 1.82) is 0 Å². The number of para-hydroxylation sites is 1. The number of carbonyl (C=O) groups is 1. The predicted octanol–water partition coefficient (Wildman–Crippen LogP) is 4.82. The fourth-order valence-electron chi connectivity index (χ4n) is 2.22. The molecule has 116 valence electrons. The molecule has 0 radical (unpaired) electrons. The van der Waals surface area contributed by atoms with E-state index in [-0.39, 0.29) is 11.7 Å². The molecule has 3 aromatic rings. The molecule has 0 unspecified atom stereocenters. The van der Waals surface area contributed by atoms with Crippen molar-refractivity contribution in [3.8, 4) is 10.6 Å². The van der Waals surface area contributed by atoms with Gasteiger partial charge in [-0.2, -0.15) is 0 Å². The lowest BCUT2D eigenvalue weighted by Gasteiger charge is -2.06. The summed E-state index contributed by atoms with van der Waals surface area (Å²) in [5.74, 6) is -0.470. The molecule has 0 saturated carbocycles. The Morgan fingerprint density at radius 2 is 1.78 bits per heavy atom. The summed E-state index contributed by atoms with van der Waals surface area (Å²) in [5, 5.41) is 3.62. The van der Waals surface area contributed by atoms with Gasteiger partial charge < -0.3 is 5.32 Å². The lowest BCUT2D eigenvalue weighted by molar-refractivity contribution is 0.102. The van der Waals surface area contributed by atoms with E-state index < -0.39 is 0 Å². The second kappa shape index (κ2) is 6.30. The molecule has 5 heteroatoms. The average Bonchev–Trinajstić information content (AvgIpc) is 2.92. The molecule has 3 rings (SSSR count). The molecule has 0 aliphatic rings. The van der Waals surface area contributed by atoms with Crippen LogP contribution in [-0.4, -0.2) is 10.9 Å². The van der Waals surface area contributed by atoms with Gasteiger partial charge in [0.15, 0.2) is 0 Å². The quantitative estimate of drug-likeness (QED) is 0.750. The summed E-state index contributed by atoms with van der Waals surface area (Å²) < 4.78 is 13.0. The third-order valence-electron chi connectivity index (χ3n) is 3.49. The van der Waals surface area contributed by atoms with Crippen LogP contribution < -0.4 is 5.32 Å². The van der Waals surface area contributed by atoms with Crippen LogP contribution in [0.5, 0.6) is 0 Å². The first kappa shape index (κ1) is 15.4. The smallest absolute Gasteiger partial charge is 0.267 e. The summed E-state index contributed by atoms with van der Waals surface area (Å²) in [5.41, 5.74) is 3.25. The van der Waals surface area contributed by atoms with Crippen molar-refractivity contribution in [2.45, 2.75) is 13.8 Å². The second-order valence-corrected chi connectivity index (χ2v) is 6.21. The SMILES string of the molecule is Cc1ccccc1NC(=O)c1sc(-c2ccc(F)cc2)nc1C. The number of halogens is 1. The molecule has 0 bridgehead atoms. The summed E-state index contributed by atoms with van der Waals surface area (Å²) >= 11 is 1.31. The largest absolute Gasteiger partial charge is 0.321 e.